The van der Waals surface area contributed by atoms with Crippen LogP contribution in [0.5, 0.6) is 0 Å². The molecule has 0 rings (SSSR count). The average Bonchev–Trinajstić information content (AvgIpc) is 3.28. The lowest BCUT2D eigenvalue weighted by Crippen LogP contribution is -2.30. The van der Waals surface area contributed by atoms with Crippen LogP contribution >= 0.6 is 0 Å². The smallest absolute Gasteiger partial charge is 0.306 e. The fourth-order valence-corrected chi connectivity index (χ4v) is 6.70. The first-order valence-electron chi connectivity index (χ1n) is 25.7. The molecule has 0 fully saturated rings. The van der Waals surface area contributed by atoms with Gasteiger partial charge in [0.05, 0.1) is 0 Å². The summed E-state index contributed by atoms with van der Waals surface area (Å²) in [6.45, 7) is 6.37. The van der Waals surface area contributed by atoms with Crippen molar-refractivity contribution in [3.05, 3.63) is 97.2 Å². The molecule has 1 unspecified atom stereocenters. The summed E-state index contributed by atoms with van der Waals surface area (Å²) in [5.74, 6) is -0.927. The normalized spacial score (nSPS) is 12.9. The highest BCUT2D eigenvalue weighted by molar-refractivity contribution is 5.71. The molecule has 6 heteroatoms. The van der Waals surface area contributed by atoms with Crippen LogP contribution in [-0.2, 0) is 28.6 Å². The van der Waals surface area contributed by atoms with E-state index < -0.39 is 6.10 Å². The second-order valence-electron chi connectivity index (χ2n) is 16.7. The maximum Gasteiger partial charge on any atom is 0.306 e. The number of allylic oxidation sites excluding steroid dienone is 16. The molecule has 0 radical (unpaired) electrons. The van der Waals surface area contributed by atoms with Crippen LogP contribution in [0.15, 0.2) is 97.2 Å². The van der Waals surface area contributed by atoms with Gasteiger partial charge in [0.1, 0.15) is 13.2 Å². The van der Waals surface area contributed by atoms with E-state index in [-0.39, 0.29) is 31.1 Å². The van der Waals surface area contributed by atoms with Crippen molar-refractivity contribution in [2.24, 2.45) is 0 Å². The molecule has 0 amide bonds. The Balaban J connectivity index is 4.10. The van der Waals surface area contributed by atoms with Crippen molar-refractivity contribution in [2.75, 3.05) is 13.2 Å². The van der Waals surface area contributed by atoms with Crippen molar-refractivity contribution < 1.29 is 28.6 Å². The van der Waals surface area contributed by atoms with E-state index in [9.17, 15) is 14.4 Å². The van der Waals surface area contributed by atoms with Crippen LogP contribution in [0.1, 0.15) is 226 Å². The highest BCUT2D eigenvalue weighted by Crippen LogP contribution is 2.13. The predicted molar refractivity (Wildman–Crippen MR) is 270 cm³/mol. The summed E-state index contributed by atoms with van der Waals surface area (Å²) in [6.07, 6.45) is 67.2. The van der Waals surface area contributed by atoms with E-state index >= 15 is 0 Å². The van der Waals surface area contributed by atoms with Gasteiger partial charge in [0, 0.05) is 19.3 Å². The monoisotopic (exact) mass is 875 g/mol. The fourth-order valence-electron chi connectivity index (χ4n) is 6.70. The van der Waals surface area contributed by atoms with Gasteiger partial charge in [0.25, 0.3) is 0 Å². The van der Waals surface area contributed by atoms with Gasteiger partial charge in [-0.2, -0.15) is 0 Å². The largest absolute Gasteiger partial charge is 0.462 e. The number of ether oxygens (including phenoxy) is 3. The molecule has 0 heterocycles. The molecule has 0 aliphatic rings. The van der Waals surface area contributed by atoms with Gasteiger partial charge in [-0.1, -0.05) is 208 Å². The van der Waals surface area contributed by atoms with Crippen molar-refractivity contribution in [1.29, 1.82) is 0 Å². The molecule has 0 bridgehead atoms. The first-order valence-corrected chi connectivity index (χ1v) is 25.7. The van der Waals surface area contributed by atoms with Crippen LogP contribution in [0, 0.1) is 0 Å². The Hall–Kier alpha value is -3.67. The molecule has 0 saturated carbocycles. The van der Waals surface area contributed by atoms with Crippen LogP contribution in [0.2, 0.25) is 0 Å². The molecule has 0 spiro atoms. The number of carbonyl (C=O) groups excluding carboxylic acids is 3. The lowest BCUT2D eigenvalue weighted by molar-refractivity contribution is -0.167. The van der Waals surface area contributed by atoms with Gasteiger partial charge in [-0.15, -0.1) is 0 Å². The molecule has 358 valence electrons. The number of hydrogen-bond donors (Lipinski definition) is 0. The third-order valence-electron chi connectivity index (χ3n) is 10.6. The number of carbonyl (C=O) groups is 3. The molecule has 6 nitrogen and oxygen atoms in total. The fraction of sp³-hybridized carbons (Fsp3) is 0.667. The van der Waals surface area contributed by atoms with E-state index in [1.54, 1.807) is 0 Å². The molecule has 0 aromatic rings. The molecule has 0 aromatic heterocycles. The lowest BCUT2D eigenvalue weighted by atomic mass is 10.1. The molecular formula is C57H94O6. The van der Waals surface area contributed by atoms with E-state index in [4.69, 9.17) is 14.2 Å². The second kappa shape index (κ2) is 51.0. The lowest BCUT2D eigenvalue weighted by Gasteiger charge is -2.18. The van der Waals surface area contributed by atoms with Crippen LogP contribution in [0.4, 0.5) is 0 Å². The number of hydrogen-bond acceptors (Lipinski definition) is 6. The Morgan fingerprint density at radius 3 is 1.03 bits per heavy atom. The molecule has 0 aliphatic carbocycles. The number of rotatable bonds is 45. The van der Waals surface area contributed by atoms with Crippen molar-refractivity contribution in [3.63, 3.8) is 0 Å². The van der Waals surface area contributed by atoms with E-state index in [0.717, 1.165) is 128 Å². The van der Waals surface area contributed by atoms with Crippen molar-refractivity contribution in [1.82, 2.24) is 0 Å². The van der Waals surface area contributed by atoms with Crippen LogP contribution in [-0.4, -0.2) is 37.2 Å². The maximum absolute atomic E-state index is 12.7. The third-order valence-corrected chi connectivity index (χ3v) is 10.6. The molecule has 0 N–H and O–H groups in total. The average molecular weight is 875 g/mol. The number of esters is 3. The summed E-state index contributed by atoms with van der Waals surface area (Å²) in [4.78, 5) is 37.6. The minimum absolute atomic E-state index is 0.0855. The standard InChI is InChI=1S/C57H94O6/c1-4-7-10-13-15-17-19-20-21-22-23-24-25-26-27-28-29-30-31-32-33-34-35-36-38-39-41-44-47-50-56(59)62-53-54(52-61-55(58)49-46-43-12-9-6-3)63-57(60)51-48-45-42-40-37-18-16-14-11-8-5-2/h7,10,14-17,20-21,23-24,26-27,29-30,32-33,54H,4-6,8-9,11-13,18-19,22,25,28,31,34-53H2,1-3H3/b10-7-,16-14-,17-15-,21-20-,24-23-,27-26-,30-29-,33-32-. The van der Waals surface area contributed by atoms with E-state index in [2.05, 4.69) is 118 Å². The summed E-state index contributed by atoms with van der Waals surface area (Å²) in [7, 11) is 0. The highest BCUT2D eigenvalue weighted by atomic mass is 16.6. The van der Waals surface area contributed by atoms with E-state index in [1.165, 1.54) is 57.8 Å². The zero-order valence-corrected chi connectivity index (χ0v) is 40.8. The first kappa shape index (κ1) is 59.3. The van der Waals surface area contributed by atoms with Gasteiger partial charge in [-0.3, -0.25) is 14.4 Å². The Morgan fingerprint density at radius 1 is 0.333 bits per heavy atom. The van der Waals surface area contributed by atoms with Gasteiger partial charge >= 0.3 is 17.9 Å². The van der Waals surface area contributed by atoms with E-state index in [0.29, 0.717) is 19.3 Å². The Labute approximate surface area is 387 Å². The molecular weight excluding hydrogens is 781 g/mol. The van der Waals surface area contributed by atoms with Gasteiger partial charge in [-0.05, 0) is 96.3 Å². The Bertz CT molecular complexity index is 1280. The second-order valence-corrected chi connectivity index (χ2v) is 16.7. The highest BCUT2D eigenvalue weighted by Gasteiger charge is 2.19. The molecule has 0 aromatic carbocycles. The topological polar surface area (TPSA) is 78.9 Å². The van der Waals surface area contributed by atoms with Gasteiger partial charge in [0.15, 0.2) is 6.10 Å². The summed E-state index contributed by atoms with van der Waals surface area (Å²) in [5, 5.41) is 0. The van der Waals surface area contributed by atoms with Gasteiger partial charge in [-0.25, -0.2) is 0 Å². The summed E-state index contributed by atoms with van der Waals surface area (Å²) < 4.78 is 16.6. The minimum atomic E-state index is -0.781. The summed E-state index contributed by atoms with van der Waals surface area (Å²) >= 11 is 0. The molecule has 0 aliphatic heterocycles. The maximum atomic E-state index is 12.7. The molecule has 63 heavy (non-hydrogen) atoms. The quantitative estimate of drug-likeness (QED) is 0.0262. The Kier molecular flexibility index (Phi) is 48.0. The predicted octanol–water partition coefficient (Wildman–Crippen LogP) is 17.0. The van der Waals surface area contributed by atoms with Crippen LogP contribution in [0.3, 0.4) is 0 Å². The van der Waals surface area contributed by atoms with Gasteiger partial charge in [0.2, 0.25) is 0 Å². The van der Waals surface area contributed by atoms with Crippen molar-refractivity contribution in [3.8, 4) is 0 Å². The third kappa shape index (κ3) is 49.2. The van der Waals surface area contributed by atoms with Crippen LogP contribution < -0.4 is 0 Å². The summed E-state index contributed by atoms with van der Waals surface area (Å²) in [5.41, 5.74) is 0. The Morgan fingerprint density at radius 2 is 0.635 bits per heavy atom. The minimum Gasteiger partial charge on any atom is -0.462 e. The summed E-state index contributed by atoms with van der Waals surface area (Å²) in [6, 6.07) is 0. The van der Waals surface area contributed by atoms with Crippen molar-refractivity contribution >= 4 is 17.9 Å². The van der Waals surface area contributed by atoms with Crippen LogP contribution in [0.25, 0.3) is 0 Å². The van der Waals surface area contributed by atoms with Gasteiger partial charge < -0.3 is 14.2 Å². The number of unbranched alkanes of at least 4 members (excludes halogenated alkanes) is 18. The zero-order chi connectivity index (χ0) is 45.8. The molecule has 1 atom stereocenters. The van der Waals surface area contributed by atoms with E-state index in [1.807, 2.05) is 0 Å². The first-order chi connectivity index (χ1) is 31.0. The molecule has 0 saturated heterocycles. The zero-order valence-electron chi connectivity index (χ0n) is 40.8. The van der Waals surface area contributed by atoms with Crippen molar-refractivity contribution in [2.45, 2.75) is 232 Å². The SMILES string of the molecule is CC/C=C\C/C=C\C/C=C\C/C=C\C/C=C\C/C=C\C/C=C\CCCCCCCCCC(=O)OCC(COC(=O)CCCCCCC)OC(=O)CCCCCCC/C=C\CCCC.